The van der Waals surface area contributed by atoms with Gasteiger partial charge in [-0.3, -0.25) is 19.2 Å². The van der Waals surface area contributed by atoms with Crippen molar-refractivity contribution < 1.29 is 36.7 Å². The standard InChI is InChI=1S/C18H15ClFNO5S2.C6H9NO2/c1-26-13-3-2-12(20)7-10(13)6-11-9-21-15(22)8-18(21,17(11)23)28(24,25)16-5-4-14(19)27-16;8-5-1-2-6(9)7-4-3-5/h2-5,7,11H,6,8-9H2,1H3;1-4H2,(H,7,9). The molecule has 198 valence electrons. The normalized spacial score (nSPS) is 23.4. The van der Waals surface area contributed by atoms with E-state index in [0.29, 0.717) is 37.1 Å². The second-order valence-electron chi connectivity index (χ2n) is 8.89. The molecular weight excluding hydrogens is 547 g/mol. The van der Waals surface area contributed by atoms with Gasteiger partial charge in [0.25, 0.3) is 0 Å². The van der Waals surface area contributed by atoms with Crippen molar-refractivity contribution in [3.8, 4) is 5.75 Å². The molecule has 2 amide bonds. The number of amides is 2. The van der Waals surface area contributed by atoms with Gasteiger partial charge in [0.1, 0.15) is 21.6 Å². The van der Waals surface area contributed by atoms with E-state index >= 15 is 0 Å². The van der Waals surface area contributed by atoms with Gasteiger partial charge in [0.15, 0.2) is 5.78 Å². The number of fused-ring (bicyclic) bond motifs is 1. The molecular formula is C24H24ClFN2O7S2. The minimum absolute atomic E-state index is 0.000787. The maximum absolute atomic E-state index is 13.7. The first-order chi connectivity index (χ1) is 17.5. The first kappa shape index (κ1) is 27.2. The van der Waals surface area contributed by atoms with E-state index in [9.17, 15) is 32.0 Å². The summed E-state index contributed by atoms with van der Waals surface area (Å²) in [4.78, 5) is 45.8. The van der Waals surface area contributed by atoms with Crippen LogP contribution < -0.4 is 10.1 Å². The van der Waals surface area contributed by atoms with Crippen LogP contribution in [0.5, 0.6) is 5.75 Å². The van der Waals surface area contributed by atoms with Crippen molar-refractivity contribution in [1.82, 2.24) is 10.2 Å². The average molecular weight is 571 g/mol. The molecule has 1 N–H and O–H groups in total. The number of rotatable bonds is 5. The zero-order valence-corrected chi connectivity index (χ0v) is 22.2. The number of benzene rings is 1. The molecule has 4 heterocycles. The van der Waals surface area contributed by atoms with Crippen molar-refractivity contribution in [2.75, 3.05) is 20.2 Å². The zero-order chi connectivity index (χ0) is 27.0. The summed E-state index contributed by atoms with van der Waals surface area (Å²) >= 11 is 6.71. The van der Waals surface area contributed by atoms with E-state index in [1.165, 1.54) is 37.4 Å². The van der Waals surface area contributed by atoms with Gasteiger partial charge in [0.2, 0.25) is 26.5 Å². The molecule has 2 unspecified atom stereocenters. The Morgan fingerprint density at radius 2 is 1.92 bits per heavy atom. The van der Waals surface area contributed by atoms with Crippen LogP contribution in [0.15, 0.2) is 34.5 Å². The monoisotopic (exact) mass is 570 g/mol. The molecule has 0 spiro atoms. The molecule has 1 aromatic heterocycles. The number of nitrogens with zero attached hydrogens (tertiary/aromatic N) is 1. The SMILES string of the molecule is COc1ccc(F)cc1CC1CN2C(=O)CC2(S(=O)(=O)c2ccc(Cl)s2)C1=O.O=C1CCNC(=O)CC1. The van der Waals surface area contributed by atoms with Gasteiger partial charge in [-0.1, -0.05) is 11.6 Å². The van der Waals surface area contributed by atoms with Crippen molar-refractivity contribution in [2.45, 2.75) is 41.2 Å². The highest BCUT2D eigenvalue weighted by molar-refractivity contribution is 7.95. The number of ether oxygens (including phenoxy) is 1. The summed E-state index contributed by atoms with van der Waals surface area (Å²) in [5.74, 6) is -1.62. The fourth-order valence-electron chi connectivity index (χ4n) is 4.72. The summed E-state index contributed by atoms with van der Waals surface area (Å²) in [5, 5.41) is 2.62. The summed E-state index contributed by atoms with van der Waals surface area (Å²) in [5.41, 5.74) is 0.447. The first-order valence-electron chi connectivity index (χ1n) is 11.4. The van der Waals surface area contributed by atoms with Gasteiger partial charge in [-0.2, -0.15) is 0 Å². The van der Waals surface area contributed by atoms with Crippen molar-refractivity contribution in [2.24, 2.45) is 5.92 Å². The van der Waals surface area contributed by atoms with Crippen LogP contribution in [0.4, 0.5) is 4.39 Å². The maximum Gasteiger partial charge on any atom is 0.228 e. The minimum Gasteiger partial charge on any atom is -0.496 e. The van der Waals surface area contributed by atoms with E-state index in [1.807, 2.05) is 0 Å². The Hall–Kier alpha value is -2.83. The van der Waals surface area contributed by atoms with Crippen LogP contribution in [-0.2, 0) is 35.4 Å². The van der Waals surface area contributed by atoms with Crippen LogP contribution >= 0.6 is 22.9 Å². The number of β-lactam (4-membered cyclic amide) rings is 1. The lowest BCUT2D eigenvalue weighted by atomic mass is 9.92. The second kappa shape index (κ2) is 10.5. The number of nitrogens with one attached hydrogen (secondary N) is 1. The Bertz CT molecular complexity index is 1360. The molecule has 3 aliphatic heterocycles. The van der Waals surface area contributed by atoms with E-state index in [4.69, 9.17) is 16.3 Å². The molecule has 0 bridgehead atoms. The predicted octanol–water partition coefficient (Wildman–Crippen LogP) is 2.55. The van der Waals surface area contributed by atoms with Crippen LogP contribution in [-0.4, -0.2) is 61.8 Å². The first-order valence-corrected chi connectivity index (χ1v) is 14.1. The number of sulfone groups is 1. The highest BCUT2D eigenvalue weighted by Gasteiger charge is 2.71. The van der Waals surface area contributed by atoms with Gasteiger partial charge < -0.3 is 15.0 Å². The molecule has 0 radical (unpaired) electrons. The molecule has 0 aliphatic carbocycles. The fraction of sp³-hybridized carbons (Fsp3) is 0.417. The molecule has 13 heteroatoms. The van der Waals surface area contributed by atoms with E-state index < -0.39 is 38.1 Å². The number of thiophene rings is 1. The Morgan fingerprint density at radius 1 is 1.16 bits per heavy atom. The molecule has 2 atom stereocenters. The van der Waals surface area contributed by atoms with Crippen molar-refractivity contribution in [3.63, 3.8) is 0 Å². The van der Waals surface area contributed by atoms with Gasteiger partial charge in [-0.05, 0) is 42.3 Å². The molecule has 0 saturated carbocycles. The van der Waals surface area contributed by atoms with Crippen LogP contribution in [0.1, 0.15) is 31.2 Å². The number of carbonyl (C=O) groups excluding carboxylic acids is 4. The molecule has 3 fully saturated rings. The molecule has 1 aromatic carbocycles. The molecule has 37 heavy (non-hydrogen) atoms. The lowest BCUT2D eigenvalue weighted by molar-refractivity contribution is -0.150. The van der Waals surface area contributed by atoms with Crippen LogP contribution in [0.2, 0.25) is 4.34 Å². The summed E-state index contributed by atoms with van der Waals surface area (Å²) in [7, 11) is -2.70. The molecule has 9 nitrogen and oxygen atoms in total. The van der Waals surface area contributed by atoms with Crippen molar-refractivity contribution >= 4 is 56.2 Å². The number of hydrogen-bond donors (Lipinski definition) is 1. The van der Waals surface area contributed by atoms with Crippen molar-refractivity contribution in [3.05, 3.63) is 46.0 Å². The smallest absolute Gasteiger partial charge is 0.228 e. The summed E-state index contributed by atoms with van der Waals surface area (Å²) in [6.07, 6.45) is 0.989. The third kappa shape index (κ3) is 5.01. The third-order valence-electron chi connectivity index (χ3n) is 6.61. The Labute approximate surface area is 221 Å². The minimum atomic E-state index is -4.13. The van der Waals surface area contributed by atoms with E-state index in [0.717, 1.165) is 16.2 Å². The van der Waals surface area contributed by atoms with Gasteiger partial charge in [-0.15, -0.1) is 11.3 Å². The highest BCUT2D eigenvalue weighted by Crippen LogP contribution is 2.50. The van der Waals surface area contributed by atoms with E-state index in [2.05, 4.69) is 5.32 Å². The summed E-state index contributed by atoms with van der Waals surface area (Å²) < 4.78 is 45.5. The average Bonchev–Trinajstić information content (AvgIpc) is 3.31. The highest BCUT2D eigenvalue weighted by atomic mass is 35.5. The predicted molar refractivity (Wildman–Crippen MR) is 133 cm³/mol. The largest absolute Gasteiger partial charge is 0.496 e. The van der Waals surface area contributed by atoms with Crippen LogP contribution in [0.25, 0.3) is 0 Å². The maximum atomic E-state index is 13.7. The molecule has 3 saturated heterocycles. The lowest BCUT2D eigenvalue weighted by Crippen LogP contribution is -2.67. The summed E-state index contributed by atoms with van der Waals surface area (Å²) in [6.45, 7) is 0.493. The van der Waals surface area contributed by atoms with Gasteiger partial charge in [-0.25, -0.2) is 12.8 Å². The third-order valence-corrected chi connectivity index (χ3v) is 10.7. The fourth-order valence-corrected chi connectivity index (χ4v) is 8.54. The number of ketones is 2. The van der Waals surface area contributed by atoms with Crippen LogP contribution in [0.3, 0.4) is 0 Å². The lowest BCUT2D eigenvalue weighted by Gasteiger charge is -2.44. The number of methoxy groups -OCH3 is 1. The molecule has 5 rings (SSSR count). The Balaban J connectivity index is 0.000000301. The number of halogens is 2. The van der Waals surface area contributed by atoms with Crippen LogP contribution in [0, 0.1) is 11.7 Å². The number of carbonyl (C=O) groups is 4. The van der Waals surface area contributed by atoms with Gasteiger partial charge in [0, 0.05) is 38.3 Å². The molecule has 2 aromatic rings. The number of hydrogen-bond acceptors (Lipinski definition) is 8. The quantitative estimate of drug-likeness (QED) is 0.547. The summed E-state index contributed by atoms with van der Waals surface area (Å²) in [6, 6.07) is 6.72. The van der Waals surface area contributed by atoms with E-state index in [-0.39, 0.29) is 39.6 Å². The Morgan fingerprint density at radius 3 is 2.57 bits per heavy atom. The van der Waals surface area contributed by atoms with E-state index in [1.54, 1.807) is 0 Å². The second-order valence-corrected chi connectivity index (χ2v) is 13.0. The van der Waals surface area contributed by atoms with Gasteiger partial charge in [0.05, 0.1) is 17.9 Å². The topological polar surface area (TPSA) is 127 Å². The number of Topliss-reactive ketones (excluding diaryl/α,β-unsaturated/α-hetero) is 2. The Kier molecular flexibility index (Phi) is 7.72. The zero-order valence-electron chi connectivity index (χ0n) is 19.8. The van der Waals surface area contributed by atoms with Gasteiger partial charge >= 0.3 is 0 Å². The van der Waals surface area contributed by atoms with Crippen molar-refractivity contribution in [1.29, 1.82) is 0 Å². The molecule has 3 aliphatic rings.